The first-order chi connectivity index (χ1) is 18.2. The van der Waals surface area contributed by atoms with Crippen molar-refractivity contribution >= 4 is 11.1 Å². The maximum atomic E-state index is 5.44. The highest BCUT2D eigenvalue weighted by molar-refractivity contribution is 6.04. The highest BCUT2D eigenvalue weighted by atomic mass is 16.5. The van der Waals surface area contributed by atoms with E-state index >= 15 is 0 Å². The van der Waals surface area contributed by atoms with Gasteiger partial charge in [-0.1, -0.05) is 78.9 Å². The van der Waals surface area contributed by atoms with Gasteiger partial charge in [-0.15, -0.1) is 0 Å². The highest BCUT2D eigenvalue weighted by Crippen LogP contribution is 2.38. The van der Waals surface area contributed by atoms with Crippen molar-refractivity contribution < 1.29 is 14.0 Å². The molecule has 5 aromatic rings. The summed E-state index contributed by atoms with van der Waals surface area (Å²) >= 11 is 0. The van der Waals surface area contributed by atoms with Crippen molar-refractivity contribution in [1.29, 1.82) is 0 Å². The number of nitrogens with zero attached hydrogens (tertiary/aromatic N) is 1. The molecule has 0 saturated carbocycles. The van der Waals surface area contributed by atoms with Gasteiger partial charge in [0, 0.05) is 12.1 Å². The van der Waals surface area contributed by atoms with Crippen LogP contribution in [0.2, 0.25) is 0 Å². The van der Waals surface area contributed by atoms with Crippen molar-refractivity contribution in [3.05, 3.63) is 150 Å². The first kappa shape index (κ1) is 24.1. The van der Waals surface area contributed by atoms with E-state index in [1.165, 1.54) is 16.7 Å². The van der Waals surface area contributed by atoms with Crippen molar-refractivity contribution in [3.8, 4) is 22.6 Å². The Morgan fingerprint density at radius 2 is 0.838 bits per heavy atom. The number of ether oxygens (including phenoxy) is 2. The molecule has 4 aromatic carbocycles. The Labute approximate surface area is 218 Å². The molecule has 0 unspecified atom stereocenters. The van der Waals surface area contributed by atoms with E-state index in [9.17, 15) is 0 Å². The van der Waals surface area contributed by atoms with E-state index in [0.29, 0.717) is 0 Å². The molecular formula is C34H30NO2+. The molecular weight excluding hydrogens is 454 g/mol. The minimum Gasteiger partial charge on any atom is -0.497 e. The van der Waals surface area contributed by atoms with Gasteiger partial charge in [0.25, 0.3) is 0 Å². The van der Waals surface area contributed by atoms with Crippen molar-refractivity contribution in [2.24, 2.45) is 7.05 Å². The van der Waals surface area contributed by atoms with Crippen LogP contribution in [0, 0.1) is 0 Å². The standard InChI is InChI=1S/C34H30NO2/c1-35-23-21-26(22-24-35)25-9-11-28(12-10-25)33(27-7-5-4-6-8-27)34(29-13-17-31(36-2)18-14-29)30-15-19-32(37-3)20-16-30/h4-24H,1-3H3/q+1. The Bertz CT molecular complexity index is 1430. The second-order valence-electron chi connectivity index (χ2n) is 8.90. The molecule has 0 bridgehead atoms. The van der Waals surface area contributed by atoms with Crippen LogP contribution < -0.4 is 14.0 Å². The second kappa shape index (κ2) is 11.0. The van der Waals surface area contributed by atoms with Gasteiger partial charge in [-0.05, 0) is 68.8 Å². The minimum atomic E-state index is 0.833. The van der Waals surface area contributed by atoms with Crippen LogP contribution in [0.15, 0.2) is 128 Å². The molecule has 0 saturated heterocycles. The summed E-state index contributed by atoms with van der Waals surface area (Å²) < 4.78 is 12.9. The summed E-state index contributed by atoms with van der Waals surface area (Å²) in [4.78, 5) is 0. The molecule has 0 N–H and O–H groups in total. The Morgan fingerprint density at radius 3 is 1.27 bits per heavy atom. The lowest BCUT2D eigenvalue weighted by Crippen LogP contribution is -2.25. The molecule has 0 amide bonds. The van der Waals surface area contributed by atoms with Crippen molar-refractivity contribution in [2.45, 2.75) is 0 Å². The maximum Gasteiger partial charge on any atom is 0.169 e. The number of rotatable bonds is 7. The molecule has 0 aliphatic heterocycles. The van der Waals surface area contributed by atoms with Gasteiger partial charge in [-0.25, -0.2) is 4.57 Å². The zero-order chi connectivity index (χ0) is 25.6. The first-order valence-corrected chi connectivity index (χ1v) is 12.3. The normalized spacial score (nSPS) is 10.6. The lowest BCUT2D eigenvalue weighted by Gasteiger charge is -2.19. The molecule has 0 atom stereocenters. The predicted octanol–water partition coefficient (Wildman–Crippen LogP) is 7.20. The number of methoxy groups -OCH3 is 2. The Kier molecular flexibility index (Phi) is 7.14. The molecule has 0 aliphatic carbocycles. The third-order valence-corrected chi connectivity index (χ3v) is 6.56. The monoisotopic (exact) mass is 484 g/mol. The van der Waals surface area contributed by atoms with Crippen LogP contribution in [-0.4, -0.2) is 14.2 Å². The van der Waals surface area contributed by atoms with Crippen LogP contribution in [0.25, 0.3) is 22.3 Å². The largest absolute Gasteiger partial charge is 0.497 e. The molecule has 0 aliphatic rings. The molecule has 1 heterocycles. The average molecular weight is 485 g/mol. The van der Waals surface area contributed by atoms with Gasteiger partial charge >= 0.3 is 0 Å². The summed E-state index contributed by atoms with van der Waals surface area (Å²) in [6.45, 7) is 0. The summed E-state index contributed by atoms with van der Waals surface area (Å²) in [6.07, 6.45) is 4.15. The molecule has 37 heavy (non-hydrogen) atoms. The van der Waals surface area contributed by atoms with Gasteiger partial charge in [-0.3, -0.25) is 0 Å². The molecule has 182 valence electrons. The zero-order valence-electron chi connectivity index (χ0n) is 21.4. The molecule has 5 rings (SSSR count). The van der Waals surface area contributed by atoms with Gasteiger partial charge in [0.1, 0.15) is 18.5 Å². The average Bonchev–Trinajstić information content (AvgIpc) is 2.97. The van der Waals surface area contributed by atoms with Gasteiger partial charge < -0.3 is 9.47 Å². The smallest absolute Gasteiger partial charge is 0.169 e. The van der Waals surface area contributed by atoms with Crippen molar-refractivity contribution in [3.63, 3.8) is 0 Å². The maximum absolute atomic E-state index is 5.44. The quantitative estimate of drug-likeness (QED) is 0.180. The fourth-order valence-electron chi connectivity index (χ4n) is 4.55. The first-order valence-electron chi connectivity index (χ1n) is 12.3. The van der Waals surface area contributed by atoms with Gasteiger partial charge in [0.2, 0.25) is 0 Å². The molecule has 3 nitrogen and oxygen atoms in total. The topological polar surface area (TPSA) is 22.3 Å². The minimum absolute atomic E-state index is 0.833. The molecule has 0 fully saturated rings. The fraction of sp³-hybridized carbons (Fsp3) is 0.0882. The molecule has 1 aromatic heterocycles. The van der Waals surface area contributed by atoms with Crippen LogP contribution in [0.4, 0.5) is 0 Å². The van der Waals surface area contributed by atoms with Crippen LogP contribution in [-0.2, 0) is 7.05 Å². The van der Waals surface area contributed by atoms with Crippen LogP contribution in [0.1, 0.15) is 22.3 Å². The van der Waals surface area contributed by atoms with Crippen molar-refractivity contribution in [2.75, 3.05) is 14.2 Å². The van der Waals surface area contributed by atoms with E-state index < -0.39 is 0 Å². The Morgan fingerprint density at radius 1 is 0.459 bits per heavy atom. The van der Waals surface area contributed by atoms with E-state index in [1.54, 1.807) is 14.2 Å². The number of benzene rings is 4. The fourth-order valence-corrected chi connectivity index (χ4v) is 4.55. The Hall–Kier alpha value is -4.63. The number of pyridine rings is 1. The third-order valence-electron chi connectivity index (χ3n) is 6.56. The van der Waals surface area contributed by atoms with E-state index in [-0.39, 0.29) is 0 Å². The predicted molar refractivity (Wildman–Crippen MR) is 151 cm³/mol. The summed E-state index contributed by atoms with van der Waals surface area (Å²) in [5.41, 5.74) is 9.24. The van der Waals surface area contributed by atoms with E-state index in [0.717, 1.165) is 39.3 Å². The van der Waals surface area contributed by atoms with E-state index in [4.69, 9.17) is 9.47 Å². The van der Waals surface area contributed by atoms with E-state index in [2.05, 4.69) is 103 Å². The number of aromatic nitrogens is 1. The summed E-state index contributed by atoms with van der Waals surface area (Å²) in [5, 5.41) is 0. The zero-order valence-corrected chi connectivity index (χ0v) is 21.4. The molecule has 0 spiro atoms. The number of aryl methyl sites for hydroxylation is 1. The highest BCUT2D eigenvalue weighted by Gasteiger charge is 2.17. The van der Waals surface area contributed by atoms with E-state index in [1.807, 2.05) is 35.9 Å². The second-order valence-corrected chi connectivity index (χ2v) is 8.90. The third kappa shape index (κ3) is 5.31. The summed E-state index contributed by atoms with van der Waals surface area (Å²) in [6, 6.07) is 40.3. The lowest BCUT2D eigenvalue weighted by molar-refractivity contribution is -0.671. The number of hydrogen-bond acceptors (Lipinski definition) is 2. The molecule has 0 radical (unpaired) electrons. The van der Waals surface area contributed by atoms with Gasteiger partial charge in [0.15, 0.2) is 12.4 Å². The SMILES string of the molecule is COc1ccc(C(=C(c2ccccc2)c2ccc(-c3cc[n+](C)cc3)cc2)c2ccc(OC)cc2)cc1. The molecule has 3 heteroatoms. The van der Waals surface area contributed by atoms with Crippen molar-refractivity contribution in [1.82, 2.24) is 0 Å². The van der Waals surface area contributed by atoms with Crippen LogP contribution in [0.3, 0.4) is 0 Å². The van der Waals surface area contributed by atoms with Gasteiger partial charge in [-0.2, -0.15) is 0 Å². The lowest BCUT2D eigenvalue weighted by atomic mass is 9.85. The summed E-state index contributed by atoms with van der Waals surface area (Å²) in [7, 11) is 5.42. The summed E-state index contributed by atoms with van der Waals surface area (Å²) in [5.74, 6) is 1.67. The van der Waals surface area contributed by atoms with Gasteiger partial charge in [0.05, 0.1) is 14.2 Å². The Balaban J connectivity index is 1.73. The van der Waals surface area contributed by atoms with Crippen LogP contribution >= 0.6 is 0 Å². The van der Waals surface area contributed by atoms with Crippen LogP contribution in [0.5, 0.6) is 11.5 Å². The number of hydrogen-bond donors (Lipinski definition) is 0.